The molecular formula is C27H34IN11. The third-order valence-corrected chi connectivity index (χ3v) is 7.31. The normalized spacial score (nSPS) is 19.9. The molecule has 1 aliphatic carbocycles. The molecule has 5 N–H and O–H groups in total. The molecule has 0 amide bonds. The summed E-state index contributed by atoms with van der Waals surface area (Å²) in [6.07, 6.45) is 10.3. The Morgan fingerprint density at radius 3 is 1.90 bits per heavy atom. The van der Waals surface area contributed by atoms with Crippen LogP contribution in [0.5, 0.6) is 0 Å². The van der Waals surface area contributed by atoms with Crippen molar-refractivity contribution >= 4 is 34.2 Å². The molecule has 11 nitrogen and oxygen atoms in total. The van der Waals surface area contributed by atoms with Gasteiger partial charge in [0, 0.05) is 18.3 Å². The standard InChI is InChI=1S/C14H17N5.C9H13N3.C4H4IN3/c15-14-6-5-13(18-19-14)11-4-3-10(8-11)9-12-2-1-7-16-17-12;1-2-9(12-11-4-1)6-8-3-5-10-7-8;5-3-1-2-4(6)8-7-3/h1-2,5-7,10-11H,3-4,8-9H2,(H2,15,19);1-2,4,8,10H,3,5-7H2;1-2H,(H2,6,8)/t10-,11?;8-;/m10./s1. The van der Waals surface area contributed by atoms with Crippen LogP contribution in [0.15, 0.2) is 60.9 Å². The molecule has 6 rings (SSSR count). The lowest BCUT2D eigenvalue weighted by Gasteiger charge is -2.10. The van der Waals surface area contributed by atoms with E-state index in [0.717, 1.165) is 59.1 Å². The van der Waals surface area contributed by atoms with Crippen LogP contribution < -0.4 is 16.8 Å². The molecule has 4 aromatic heterocycles. The van der Waals surface area contributed by atoms with Gasteiger partial charge >= 0.3 is 0 Å². The molecule has 0 spiro atoms. The fourth-order valence-corrected chi connectivity index (χ4v) is 5.08. The van der Waals surface area contributed by atoms with E-state index >= 15 is 0 Å². The number of nitrogen functional groups attached to an aromatic ring is 2. The van der Waals surface area contributed by atoms with Crippen molar-refractivity contribution in [3.63, 3.8) is 0 Å². The Hall–Kier alpha value is -3.39. The van der Waals surface area contributed by atoms with Crippen molar-refractivity contribution < 1.29 is 0 Å². The van der Waals surface area contributed by atoms with E-state index in [2.05, 4.69) is 68.7 Å². The largest absolute Gasteiger partial charge is 0.382 e. The van der Waals surface area contributed by atoms with Crippen molar-refractivity contribution in [3.05, 3.63) is 81.7 Å². The maximum atomic E-state index is 5.57. The fraction of sp³-hybridized carbons (Fsp3) is 0.407. The van der Waals surface area contributed by atoms with E-state index in [1.807, 2.05) is 42.5 Å². The Labute approximate surface area is 242 Å². The van der Waals surface area contributed by atoms with Gasteiger partial charge in [-0.25, -0.2) is 0 Å². The van der Waals surface area contributed by atoms with E-state index < -0.39 is 0 Å². The Morgan fingerprint density at radius 2 is 1.38 bits per heavy atom. The fourth-order valence-electron chi connectivity index (χ4n) is 4.79. The van der Waals surface area contributed by atoms with Gasteiger partial charge in [-0.1, -0.05) is 0 Å². The van der Waals surface area contributed by atoms with E-state index in [1.165, 1.54) is 19.3 Å². The summed E-state index contributed by atoms with van der Waals surface area (Å²) in [5.41, 5.74) is 14.1. The van der Waals surface area contributed by atoms with Gasteiger partial charge in [-0.3, -0.25) is 0 Å². The number of halogens is 1. The van der Waals surface area contributed by atoms with E-state index in [0.29, 0.717) is 23.5 Å². The SMILES string of the molecule is Nc1ccc(C2CC[C@@H](Cc3cccnn3)C2)nn1.Nc1ccc(I)nn1.c1cnnc(C[C@@H]2CCNC2)c1. The van der Waals surface area contributed by atoms with Crippen molar-refractivity contribution in [1.82, 2.24) is 46.1 Å². The molecule has 0 aromatic carbocycles. The van der Waals surface area contributed by atoms with Crippen molar-refractivity contribution in [1.29, 1.82) is 0 Å². The first-order chi connectivity index (χ1) is 19.0. The summed E-state index contributed by atoms with van der Waals surface area (Å²) in [5, 5.41) is 34.8. The molecule has 12 heteroatoms. The minimum absolute atomic E-state index is 0.463. The monoisotopic (exact) mass is 639 g/mol. The molecule has 2 aliphatic rings. The summed E-state index contributed by atoms with van der Waals surface area (Å²) in [6.45, 7) is 2.29. The van der Waals surface area contributed by atoms with Crippen LogP contribution in [-0.4, -0.2) is 53.9 Å². The number of nitrogens with zero attached hydrogens (tertiary/aromatic N) is 8. The van der Waals surface area contributed by atoms with Crippen LogP contribution in [0.3, 0.4) is 0 Å². The average molecular weight is 640 g/mol. The summed E-state index contributed by atoms with van der Waals surface area (Å²) in [4.78, 5) is 0. The van der Waals surface area contributed by atoms with Gasteiger partial charge in [-0.05, 0) is 135 Å². The molecular weight excluding hydrogens is 605 g/mol. The molecule has 2 fully saturated rings. The quantitative estimate of drug-likeness (QED) is 0.274. The van der Waals surface area contributed by atoms with Crippen LogP contribution in [0.2, 0.25) is 0 Å². The third-order valence-electron chi connectivity index (χ3n) is 6.73. The number of hydrogen-bond acceptors (Lipinski definition) is 11. The van der Waals surface area contributed by atoms with Crippen molar-refractivity contribution in [2.75, 3.05) is 24.6 Å². The molecule has 5 heterocycles. The van der Waals surface area contributed by atoms with Gasteiger partial charge in [0.15, 0.2) is 0 Å². The Balaban J connectivity index is 0.000000150. The molecule has 0 radical (unpaired) electrons. The maximum absolute atomic E-state index is 5.57. The average Bonchev–Trinajstić information content (AvgIpc) is 3.65. The first-order valence-corrected chi connectivity index (χ1v) is 14.2. The molecule has 39 heavy (non-hydrogen) atoms. The molecule has 0 bridgehead atoms. The van der Waals surface area contributed by atoms with Crippen LogP contribution in [0, 0.1) is 15.5 Å². The highest BCUT2D eigenvalue weighted by Gasteiger charge is 2.27. The van der Waals surface area contributed by atoms with Gasteiger partial charge in [-0.15, -0.1) is 15.3 Å². The first kappa shape index (κ1) is 28.6. The number of aromatic nitrogens is 8. The maximum Gasteiger partial charge on any atom is 0.146 e. The Kier molecular flexibility index (Phi) is 11.2. The zero-order valence-corrected chi connectivity index (χ0v) is 23.9. The molecule has 3 atom stereocenters. The number of nitrogens with one attached hydrogen (secondary N) is 1. The second kappa shape index (κ2) is 15.3. The van der Waals surface area contributed by atoms with E-state index in [9.17, 15) is 0 Å². The minimum atomic E-state index is 0.463. The highest BCUT2D eigenvalue weighted by atomic mass is 127. The van der Waals surface area contributed by atoms with Crippen LogP contribution in [0.1, 0.15) is 48.7 Å². The van der Waals surface area contributed by atoms with Gasteiger partial charge in [0.2, 0.25) is 0 Å². The highest BCUT2D eigenvalue weighted by Crippen LogP contribution is 2.38. The zero-order chi connectivity index (χ0) is 27.3. The lowest BCUT2D eigenvalue weighted by atomic mass is 9.98. The van der Waals surface area contributed by atoms with E-state index in [-0.39, 0.29) is 0 Å². The number of rotatable bonds is 5. The summed E-state index contributed by atoms with van der Waals surface area (Å²) >= 11 is 2.07. The Morgan fingerprint density at radius 1 is 0.718 bits per heavy atom. The van der Waals surface area contributed by atoms with E-state index in [4.69, 9.17) is 11.5 Å². The molecule has 1 unspecified atom stereocenters. The van der Waals surface area contributed by atoms with Crippen molar-refractivity contribution in [2.45, 2.75) is 44.4 Å². The van der Waals surface area contributed by atoms with Crippen molar-refractivity contribution in [2.24, 2.45) is 11.8 Å². The zero-order valence-electron chi connectivity index (χ0n) is 21.8. The summed E-state index contributed by atoms with van der Waals surface area (Å²) in [7, 11) is 0. The van der Waals surface area contributed by atoms with Crippen LogP contribution in [0.4, 0.5) is 11.6 Å². The van der Waals surface area contributed by atoms with Crippen LogP contribution in [0.25, 0.3) is 0 Å². The summed E-state index contributed by atoms with van der Waals surface area (Å²) in [5.74, 6) is 2.89. The topological polar surface area (TPSA) is 167 Å². The van der Waals surface area contributed by atoms with Gasteiger partial charge in [0.25, 0.3) is 0 Å². The van der Waals surface area contributed by atoms with Crippen molar-refractivity contribution in [3.8, 4) is 0 Å². The first-order valence-electron chi connectivity index (χ1n) is 13.1. The second-order valence-corrected chi connectivity index (χ2v) is 10.8. The molecule has 204 valence electrons. The van der Waals surface area contributed by atoms with Crippen LogP contribution in [-0.2, 0) is 12.8 Å². The van der Waals surface area contributed by atoms with Gasteiger partial charge in [-0.2, -0.15) is 25.5 Å². The van der Waals surface area contributed by atoms with Crippen LogP contribution >= 0.6 is 22.6 Å². The number of hydrogen-bond donors (Lipinski definition) is 3. The molecule has 1 aliphatic heterocycles. The second-order valence-electron chi connectivity index (χ2n) is 9.74. The highest BCUT2D eigenvalue weighted by molar-refractivity contribution is 14.1. The lowest BCUT2D eigenvalue weighted by molar-refractivity contribution is 0.523. The summed E-state index contributed by atoms with van der Waals surface area (Å²) < 4.78 is 0.858. The van der Waals surface area contributed by atoms with E-state index in [1.54, 1.807) is 18.5 Å². The molecule has 1 saturated carbocycles. The van der Waals surface area contributed by atoms with Gasteiger partial charge < -0.3 is 16.8 Å². The third kappa shape index (κ3) is 10.0. The smallest absolute Gasteiger partial charge is 0.146 e. The molecule has 1 saturated heterocycles. The van der Waals surface area contributed by atoms with Gasteiger partial charge in [0.05, 0.1) is 17.1 Å². The number of nitrogens with two attached hydrogens (primary N) is 2. The minimum Gasteiger partial charge on any atom is -0.382 e. The predicted molar refractivity (Wildman–Crippen MR) is 158 cm³/mol. The Bertz CT molecular complexity index is 1200. The van der Waals surface area contributed by atoms with Gasteiger partial charge in [0.1, 0.15) is 15.3 Å². The number of anilines is 2. The summed E-state index contributed by atoms with van der Waals surface area (Å²) in [6, 6.07) is 15.3. The molecule has 4 aromatic rings. The lowest BCUT2D eigenvalue weighted by Crippen LogP contribution is -2.11. The predicted octanol–water partition coefficient (Wildman–Crippen LogP) is 3.27.